The number of halogens is 1. The van der Waals surface area contributed by atoms with Crippen LogP contribution < -0.4 is 16.1 Å². The Hall–Kier alpha value is -2.54. The monoisotopic (exact) mass is 331 g/mol. The van der Waals surface area contributed by atoms with Gasteiger partial charge in [-0.25, -0.2) is 4.79 Å². The van der Waals surface area contributed by atoms with E-state index in [0.717, 1.165) is 18.7 Å². The Balaban J connectivity index is 2.01. The highest BCUT2D eigenvalue weighted by Gasteiger charge is 2.25. The van der Waals surface area contributed by atoms with Crippen LogP contribution in [-0.4, -0.2) is 25.6 Å². The molecule has 3 aromatic rings. The number of nitrogens with zero attached hydrogens (tertiary/aromatic N) is 4. The van der Waals surface area contributed by atoms with Gasteiger partial charge in [0.2, 0.25) is 5.95 Å². The summed E-state index contributed by atoms with van der Waals surface area (Å²) in [6.07, 6.45) is 0.868. The van der Waals surface area contributed by atoms with Crippen LogP contribution in [0.1, 0.15) is 6.42 Å². The smallest absolute Gasteiger partial charge is 0.312 e. The number of hydrogen-bond acceptors (Lipinski definition) is 4. The molecule has 0 atom stereocenters. The third-order valence-electron chi connectivity index (χ3n) is 4.11. The van der Waals surface area contributed by atoms with E-state index in [-0.39, 0.29) is 0 Å². The van der Waals surface area contributed by atoms with Crippen LogP contribution in [-0.2, 0) is 13.6 Å². The fourth-order valence-corrected chi connectivity index (χ4v) is 3.20. The average Bonchev–Trinajstić information content (AvgIpc) is 2.92. The molecule has 1 N–H and O–H groups in total. The van der Waals surface area contributed by atoms with Gasteiger partial charge in [0.05, 0.1) is 0 Å². The molecule has 0 unspecified atom stereocenters. The van der Waals surface area contributed by atoms with E-state index in [1.54, 1.807) is 7.05 Å². The van der Waals surface area contributed by atoms with Gasteiger partial charge < -0.3 is 9.47 Å². The van der Waals surface area contributed by atoms with Crippen molar-refractivity contribution in [2.24, 2.45) is 7.05 Å². The number of nitrogens with one attached hydrogen (secondary N) is 1. The maximum absolute atomic E-state index is 12.2. The van der Waals surface area contributed by atoms with Gasteiger partial charge in [-0.1, -0.05) is 17.7 Å². The molecule has 1 aliphatic rings. The second-order valence-electron chi connectivity index (χ2n) is 5.54. The van der Waals surface area contributed by atoms with Crippen LogP contribution in [0, 0.1) is 0 Å². The van der Waals surface area contributed by atoms with Gasteiger partial charge in [-0.3, -0.25) is 14.3 Å². The van der Waals surface area contributed by atoms with E-state index in [4.69, 9.17) is 11.6 Å². The molecule has 0 saturated heterocycles. The zero-order chi connectivity index (χ0) is 16.1. The first-order valence-electron chi connectivity index (χ1n) is 7.29. The highest BCUT2D eigenvalue weighted by molar-refractivity contribution is 6.30. The largest absolute Gasteiger partial charge is 0.329 e. The van der Waals surface area contributed by atoms with Gasteiger partial charge in [0.15, 0.2) is 11.2 Å². The quantitative estimate of drug-likeness (QED) is 0.735. The van der Waals surface area contributed by atoms with E-state index < -0.39 is 11.2 Å². The summed E-state index contributed by atoms with van der Waals surface area (Å²) >= 11 is 6.09. The molecule has 0 fully saturated rings. The van der Waals surface area contributed by atoms with Crippen LogP contribution in [0.25, 0.3) is 11.2 Å². The van der Waals surface area contributed by atoms with Gasteiger partial charge in [-0.15, -0.1) is 0 Å². The minimum atomic E-state index is -0.466. The molecule has 0 spiro atoms. The Morgan fingerprint density at radius 1 is 1.26 bits per heavy atom. The van der Waals surface area contributed by atoms with Crippen molar-refractivity contribution in [2.45, 2.75) is 13.0 Å². The van der Waals surface area contributed by atoms with Crippen LogP contribution in [0.5, 0.6) is 0 Å². The highest BCUT2D eigenvalue weighted by Crippen LogP contribution is 2.31. The van der Waals surface area contributed by atoms with Crippen molar-refractivity contribution in [3.8, 4) is 0 Å². The van der Waals surface area contributed by atoms with E-state index in [1.165, 1.54) is 4.57 Å². The third kappa shape index (κ3) is 2.08. The lowest BCUT2D eigenvalue weighted by molar-refractivity contribution is 0.602. The van der Waals surface area contributed by atoms with Gasteiger partial charge in [-0.05, 0) is 24.6 Å². The van der Waals surface area contributed by atoms with E-state index in [2.05, 4.69) is 9.97 Å². The Bertz CT molecular complexity index is 1030. The molecular formula is C15H14ClN5O2. The van der Waals surface area contributed by atoms with Crippen molar-refractivity contribution in [3.63, 3.8) is 0 Å². The van der Waals surface area contributed by atoms with Crippen LogP contribution in [0.15, 0.2) is 33.9 Å². The Labute approximate surface area is 135 Å². The van der Waals surface area contributed by atoms with Crippen molar-refractivity contribution >= 4 is 34.4 Å². The lowest BCUT2D eigenvalue weighted by Gasteiger charge is -2.29. The topological polar surface area (TPSA) is 75.9 Å². The maximum atomic E-state index is 12.2. The number of rotatable bonds is 1. The summed E-state index contributed by atoms with van der Waals surface area (Å²) in [5.41, 5.74) is 0.855. The van der Waals surface area contributed by atoms with Gasteiger partial charge in [0.25, 0.3) is 5.56 Å². The summed E-state index contributed by atoms with van der Waals surface area (Å²) in [6, 6.07) is 7.50. The zero-order valence-corrected chi connectivity index (χ0v) is 13.2. The number of imidazole rings is 1. The van der Waals surface area contributed by atoms with Crippen molar-refractivity contribution in [2.75, 3.05) is 11.4 Å². The number of aryl methyl sites for hydroxylation is 2. The van der Waals surface area contributed by atoms with E-state index >= 15 is 0 Å². The van der Waals surface area contributed by atoms with Gasteiger partial charge in [0.1, 0.15) is 0 Å². The van der Waals surface area contributed by atoms with Crippen LogP contribution in [0.2, 0.25) is 5.02 Å². The number of aromatic nitrogens is 4. The minimum absolute atomic E-state index is 0.391. The Kier molecular flexibility index (Phi) is 3.05. The Morgan fingerprint density at radius 2 is 2.09 bits per heavy atom. The third-order valence-corrected chi connectivity index (χ3v) is 4.35. The molecule has 1 aliphatic heterocycles. The molecule has 23 heavy (non-hydrogen) atoms. The molecule has 8 heteroatoms. The molecule has 2 aromatic heterocycles. The van der Waals surface area contributed by atoms with Crippen molar-refractivity contribution in [1.82, 2.24) is 19.1 Å². The maximum Gasteiger partial charge on any atom is 0.329 e. The predicted molar refractivity (Wildman–Crippen MR) is 88.7 cm³/mol. The van der Waals surface area contributed by atoms with Gasteiger partial charge in [-0.2, -0.15) is 4.98 Å². The summed E-state index contributed by atoms with van der Waals surface area (Å²) in [5.74, 6) is 0.653. The SMILES string of the molecule is Cn1c(=O)[nH]c(=O)c2c1nc1n2CCCN1c1cccc(Cl)c1. The number of hydrogen-bond donors (Lipinski definition) is 1. The van der Waals surface area contributed by atoms with Crippen LogP contribution in [0.4, 0.5) is 11.6 Å². The molecule has 7 nitrogen and oxygen atoms in total. The number of benzene rings is 1. The molecule has 0 radical (unpaired) electrons. The van der Waals surface area contributed by atoms with E-state index in [9.17, 15) is 9.59 Å². The first kappa shape index (κ1) is 14.1. The first-order valence-corrected chi connectivity index (χ1v) is 7.67. The standard InChI is InChI=1S/C15H14ClN5O2/c1-19-12-11(13(22)18-15(19)23)21-7-3-6-20(14(21)17-12)10-5-2-4-9(16)8-10/h2,4-5,8H,3,6-7H2,1H3,(H,18,22,23). The molecular weight excluding hydrogens is 318 g/mol. The molecule has 3 heterocycles. The highest BCUT2D eigenvalue weighted by atomic mass is 35.5. The molecule has 118 valence electrons. The molecule has 1 aromatic carbocycles. The number of anilines is 2. The summed E-state index contributed by atoms with van der Waals surface area (Å²) in [7, 11) is 1.60. The lowest BCUT2D eigenvalue weighted by Crippen LogP contribution is -2.31. The zero-order valence-electron chi connectivity index (χ0n) is 12.4. The first-order chi connectivity index (χ1) is 11.1. The lowest BCUT2D eigenvalue weighted by atomic mass is 10.2. The number of fused-ring (bicyclic) bond motifs is 3. The molecule has 0 aliphatic carbocycles. The van der Waals surface area contributed by atoms with Crippen molar-refractivity contribution in [3.05, 3.63) is 50.1 Å². The summed E-state index contributed by atoms with van der Waals surface area (Å²) < 4.78 is 3.22. The molecule has 0 bridgehead atoms. The van der Waals surface area contributed by atoms with Gasteiger partial charge in [0, 0.05) is 30.8 Å². The summed E-state index contributed by atoms with van der Waals surface area (Å²) in [5, 5.41) is 0.640. The minimum Gasteiger partial charge on any atom is -0.312 e. The van der Waals surface area contributed by atoms with Gasteiger partial charge >= 0.3 is 5.69 Å². The second-order valence-corrected chi connectivity index (χ2v) is 5.98. The predicted octanol–water partition coefficient (Wildman–Crippen LogP) is 1.62. The summed E-state index contributed by atoms with van der Waals surface area (Å²) in [6.45, 7) is 1.46. The molecule has 4 rings (SSSR count). The Morgan fingerprint density at radius 3 is 2.87 bits per heavy atom. The molecule has 0 amide bonds. The normalized spacial score (nSPS) is 14.3. The number of aromatic amines is 1. The van der Waals surface area contributed by atoms with Crippen LogP contribution >= 0.6 is 11.6 Å². The summed E-state index contributed by atoms with van der Waals surface area (Å²) in [4.78, 5) is 32.9. The average molecular weight is 332 g/mol. The fourth-order valence-electron chi connectivity index (χ4n) is 3.02. The van der Waals surface area contributed by atoms with E-state index in [0.29, 0.717) is 28.7 Å². The number of H-pyrrole nitrogens is 1. The van der Waals surface area contributed by atoms with Crippen molar-refractivity contribution < 1.29 is 0 Å². The van der Waals surface area contributed by atoms with E-state index in [1.807, 2.05) is 33.7 Å². The second kappa shape index (κ2) is 4.99. The van der Waals surface area contributed by atoms with Crippen molar-refractivity contribution in [1.29, 1.82) is 0 Å². The van der Waals surface area contributed by atoms with Crippen LogP contribution in [0.3, 0.4) is 0 Å². The fraction of sp³-hybridized carbons (Fsp3) is 0.267. The molecule has 0 saturated carbocycles.